The number of benzene rings is 8. The molecule has 0 saturated heterocycles. The van der Waals surface area contributed by atoms with Gasteiger partial charge in [-0.15, -0.1) is 0 Å². The van der Waals surface area contributed by atoms with Crippen molar-refractivity contribution < 1.29 is 78.5 Å². The number of non-ortho nitro benzene ring substituents is 1. The van der Waals surface area contributed by atoms with Crippen LogP contribution in [0, 0.1) is 20.6 Å². The normalized spacial score (nSPS) is 10.4. The van der Waals surface area contributed by atoms with Crippen LogP contribution in [0.2, 0.25) is 8.87 Å². The maximum Gasteiger partial charge on any atom is 1.00 e. The number of rotatable bonds is 26. The summed E-state index contributed by atoms with van der Waals surface area (Å²) in [5, 5.41) is 33.4. The number of unbranched alkanes of at least 4 members (excludes halogenated alkanes) is 2. The SMILES string of the molecule is CCC[CH2][SnH]([CH2]CCC)[c]1ccc(Nc2ccccc2CC)c(CN(C)C)c1.CCc1cc(I)ccc1Nc1ccccc1CN(C)C.CCc1ccccc1Nc1ccc(C)cc1CN(C)C.CN(C)Cc1ccccc1N.COC(=O)c1cc([N+](=O)[O-])ccc1Br.OO.[125I-].[Na+]. The van der Waals surface area contributed by atoms with Crippen molar-refractivity contribution in [1.29, 1.82) is 0 Å². The van der Waals surface area contributed by atoms with Crippen LogP contribution in [0.5, 0.6) is 0 Å². The minimum atomic E-state index is -1.67. The van der Waals surface area contributed by atoms with Crippen LogP contribution < -0.4 is 78.8 Å². The number of nitrogens with zero attached hydrogens (tertiary/aromatic N) is 5. The van der Waals surface area contributed by atoms with Gasteiger partial charge in [-0.2, -0.15) is 0 Å². The molecule has 0 aliphatic rings. The van der Waals surface area contributed by atoms with E-state index in [1.807, 2.05) is 32.3 Å². The van der Waals surface area contributed by atoms with Gasteiger partial charge in [0.2, 0.25) is 0 Å². The van der Waals surface area contributed by atoms with Crippen LogP contribution in [-0.2, 0) is 50.2 Å². The third kappa shape index (κ3) is 33.6. The molecule has 0 aliphatic heterocycles. The molecule has 97 heavy (non-hydrogen) atoms. The van der Waals surface area contributed by atoms with Crippen LogP contribution in [0.1, 0.15) is 115 Å². The first-order valence-electron chi connectivity index (χ1n) is 32.7. The van der Waals surface area contributed by atoms with Crippen molar-refractivity contribution in [1.82, 2.24) is 19.6 Å². The fraction of sp³-hybridized carbons (Fsp3) is 0.364. The molecule has 0 radical (unpaired) electrons. The maximum absolute atomic E-state index is 11.1. The van der Waals surface area contributed by atoms with Gasteiger partial charge in [-0.25, -0.2) is 4.79 Å². The van der Waals surface area contributed by atoms with Crippen LogP contribution in [0.15, 0.2) is 174 Å². The number of halogens is 3. The van der Waals surface area contributed by atoms with Gasteiger partial charge in [0.15, 0.2) is 0 Å². The summed E-state index contributed by atoms with van der Waals surface area (Å²) in [5.74, 6) is -0.611. The first-order chi connectivity index (χ1) is 45.5. The predicted octanol–water partition coefficient (Wildman–Crippen LogP) is 12.6. The van der Waals surface area contributed by atoms with Crippen LogP contribution in [-0.4, -0.2) is 124 Å². The number of esters is 1. The van der Waals surface area contributed by atoms with Gasteiger partial charge in [-0.3, -0.25) is 20.6 Å². The first kappa shape index (κ1) is 90.3. The van der Waals surface area contributed by atoms with Crippen molar-refractivity contribution in [2.45, 2.75) is 122 Å². The number of ether oxygens (including phenoxy) is 1. The van der Waals surface area contributed by atoms with E-state index in [1.54, 1.807) is 3.58 Å². The van der Waals surface area contributed by atoms with Crippen molar-refractivity contribution >= 4 is 113 Å². The largest absolute Gasteiger partial charge is 1.00 e. The molecule has 0 heterocycles. The quantitative estimate of drug-likeness (QED) is 0.00572. The second-order valence-corrected chi connectivity index (χ2v) is 35.6. The zero-order valence-electron chi connectivity index (χ0n) is 60.4. The Morgan fingerprint density at radius 1 is 0.536 bits per heavy atom. The van der Waals surface area contributed by atoms with Crippen LogP contribution in [0.3, 0.4) is 0 Å². The molecule has 15 nitrogen and oxygen atoms in total. The summed E-state index contributed by atoms with van der Waals surface area (Å²) in [4.78, 5) is 29.8. The number of nitrogens with one attached hydrogen (secondary N) is 3. The van der Waals surface area contributed by atoms with Crippen molar-refractivity contribution in [3.63, 3.8) is 0 Å². The molecule has 8 aromatic carbocycles. The second kappa shape index (κ2) is 50.6. The Bertz CT molecular complexity index is 3560. The minimum Gasteiger partial charge on any atom is -1.00 e. The summed E-state index contributed by atoms with van der Waals surface area (Å²) in [6.07, 6.45) is 8.62. The number of hydrogen-bond acceptors (Lipinski definition) is 14. The average Bonchev–Trinajstić information content (AvgIpc) is 0.854. The molecule has 8 rings (SSSR count). The molecule has 0 atom stereocenters. The summed E-state index contributed by atoms with van der Waals surface area (Å²) in [6, 6.07) is 58.1. The molecule has 7 N–H and O–H groups in total. The number of hydrogen-bond donors (Lipinski definition) is 6. The van der Waals surface area contributed by atoms with Crippen LogP contribution >= 0.6 is 38.5 Å². The number of anilines is 7. The van der Waals surface area contributed by atoms with E-state index in [9.17, 15) is 14.9 Å². The Kier molecular flexibility index (Phi) is 47.1. The molecule has 0 unspecified atom stereocenters. The predicted molar refractivity (Wildman–Crippen MR) is 418 cm³/mol. The van der Waals surface area contributed by atoms with E-state index in [1.165, 1.54) is 136 Å². The van der Waals surface area contributed by atoms with E-state index in [-0.39, 0.29) is 64.8 Å². The Morgan fingerprint density at radius 2 is 0.928 bits per heavy atom. The number of nitrogen functional groups attached to an aromatic ring is 1. The summed E-state index contributed by atoms with van der Waals surface area (Å²) < 4.78 is 11.0. The van der Waals surface area contributed by atoms with E-state index in [4.69, 9.17) is 16.2 Å². The monoisotopic (exact) mass is 1730 g/mol. The van der Waals surface area contributed by atoms with Gasteiger partial charge in [0.25, 0.3) is 5.69 Å². The van der Waals surface area contributed by atoms with Crippen molar-refractivity contribution in [2.75, 3.05) is 85.2 Å². The number of nitro benzene ring substituents is 1. The second-order valence-electron chi connectivity index (χ2n) is 24.3. The third-order valence-electron chi connectivity index (χ3n) is 15.3. The molecule has 0 aromatic heterocycles. The zero-order chi connectivity index (χ0) is 70.4. The molecule has 0 aliphatic carbocycles. The van der Waals surface area contributed by atoms with Gasteiger partial charge in [0.05, 0.1) is 17.6 Å². The number of carbonyl (C=O) groups is 1. The summed E-state index contributed by atoms with van der Waals surface area (Å²) in [5.41, 5.74) is 24.6. The molecule has 0 spiro atoms. The molecule has 20 heteroatoms. The van der Waals surface area contributed by atoms with Gasteiger partial charge >= 0.3 is 216 Å². The average molecular weight is 1730 g/mol. The van der Waals surface area contributed by atoms with Crippen LogP contribution in [0.4, 0.5) is 45.5 Å². The molecule has 0 saturated carbocycles. The number of carbonyl (C=O) groups excluding carboxylic acids is 1. The van der Waals surface area contributed by atoms with E-state index < -0.39 is 30.7 Å². The van der Waals surface area contributed by atoms with Gasteiger partial charge < -0.3 is 59.8 Å². The van der Waals surface area contributed by atoms with Crippen molar-refractivity contribution in [3.8, 4) is 0 Å². The van der Waals surface area contributed by atoms with E-state index in [0.717, 1.165) is 57.2 Å². The molecule has 0 amide bonds. The standard InChI is InChI=1S/C18H24N2.C17H21IN2.C17H21N2.C9H14N2.C8H6BrNO4.2C4H9.HI.Na.H2O2.Sn.H/c1-5-15-8-6-7-9-17(15)19-18-11-10-14(2)12-16(18)13-20(3)4;1-4-13-11-15(18)9-10-17(13)19-16-8-6-5-7-14(16)12-20(2)3;1-4-14-9-5-7-11-16(14)18-17-12-8-6-10-15(17)13-19(2)3;1-11(2)7-8-5-3-4-6-9(8)10;1-14-8(11)6-4-5(10(12)13)2-3-7(6)9;2*1-3-4-2;;;1-2;;/h6-12,19H,5,13H2,1-4H3;5-11,19H,4,12H2,1-3H3;5,7-12,18H,4,13H2,1-3H3;3-6H,7,10H2,1-2H3;2-4H,1H3;2*1,3-4H2,2H3;1H;;1-2H;;/q;;;;;;;;+1;;;/p-1/i;;;;;;;1-2;;;;. The number of nitrogens with two attached hydrogens (primary N) is 1. The molecule has 0 bridgehead atoms. The Hall–Kier alpha value is -4.67. The van der Waals surface area contributed by atoms with Crippen LogP contribution in [0.25, 0.3) is 0 Å². The van der Waals surface area contributed by atoms with Gasteiger partial charge in [-0.1, -0.05) is 86.1 Å². The molecular weight excluding hydrogens is 1620 g/mol. The smallest absolute Gasteiger partial charge is 1.00 e. The summed E-state index contributed by atoms with van der Waals surface area (Å²) >= 11 is 3.79. The third-order valence-corrected chi connectivity index (χ3v) is 26.7. The van der Waals surface area contributed by atoms with Crippen molar-refractivity contribution in [3.05, 3.63) is 238 Å². The molecule has 8 aromatic rings. The molecule has 0 fully saturated rings. The van der Waals surface area contributed by atoms with E-state index >= 15 is 0 Å². The number of aryl methyl sites for hydroxylation is 4. The van der Waals surface area contributed by atoms with Gasteiger partial charge in [0, 0.05) is 68.2 Å². The van der Waals surface area contributed by atoms with E-state index in [0.29, 0.717) is 4.47 Å². The molecule has 522 valence electrons. The van der Waals surface area contributed by atoms with Gasteiger partial charge in [0.1, 0.15) is 0 Å². The fourth-order valence-electron chi connectivity index (χ4n) is 10.5. The van der Waals surface area contributed by atoms with Gasteiger partial charge in [-0.05, 0) is 177 Å². The zero-order valence-corrected chi connectivity index (χ0v) is 71.6. The Morgan fingerprint density at radius 3 is 1.38 bits per heavy atom. The number of methoxy groups -OCH3 is 1. The topological polar surface area (TPSA) is 185 Å². The van der Waals surface area contributed by atoms with Crippen molar-refractivity contribution in [2.24, 2.45) is 0 Å². The number of para-hydroxylation sites is 4. The Balaban J connectivity index is 0.000000617. The minimum absolute atomic E-state index is 0. The maximum atomic E-state index is 11.1. The fourth-order valence-corrected chi connectivity index (χ4v) is 21.6. The van der Waals surface area contributed by atoms with E-state index in [2.05, 4.69) is 296 Å². The number of nitro groups is 1. The first-order valence-corrected chi connectivity index (χ1v) is 40.9. The Labute approximate surface area is 649 Å². The summed E-state index contributed by atoms with van der Waals surface area (Å²) in [6.45, 7) is 17.2. The molecular formula is C77H107BrI2N9NaO6Sn. The summed E-state index contributed by atoms with van der Waals surface area (Å²) in [7, 11) is 18.0.